The van der Waals surface area contributed by atoms with Crippen LogP contribution in [0.2, 0.25) is 0 Å². The molecular weight excluding hydrogens is 432 g/mol. The average molecular weight is 475 g/mol. The molecule has 0 radical (unpaired) electrons. The Morgan fingerprint density at radius 2 is 1.71 bits per heavy atom. The Balaban J connectivity index is 2.05. The van der Waals surface area contributed by atoms with Gasteiger partial charge in [0.1, 0.15) is 5.76 Å². The van der Waals surface area contributed by atoms with Gasteiger partial charge in [0.2, 0.25) is 0 Å². The Morgan fingerprint density at radius 3 is 2.23 bits per heavy atom. The van der Waals surface area contributed by atoms with E-state index in [4.69, 9.17) is 0 Å². The number of benzene rings is 1. The van der Waals surface area contributed by atoms with Crippen LogP contribution in [0.25, 0.3) is 0 Å². The quantitative estimate of drug-likeness (QED) is 0.478. The van der Waals surface area contributed by atoms with E-state index in [1.165, 1.54) is 16.7 Å². The number of hydrogen-bond acceptors (Lipinski definition) is 3. The van der Waals surface area contributed by atoms with Crippen LogP contribution < -0.4 is 0 Å². The molecule has 0 bridgehead atoms. The van der Waals surface area contributed by atoms with Crippen molar-refractivity contribution in [3.05, 3.63) is 68.5 Å². The van der Waals surface area contributed by atoms with Gasteiger partial charge in [0.25, 0.3) is 0 Å². The van der Waals surface area contributed by atoms with Crippen molar-refractivity contribution in [2.24, 2.45) is 16.2 Å². The highest BCUT2D eigenvalue weighted by molar-refractivity contribution is 6.16. The zero-order chi connectivity index (χ0) is 26.5. The van der Waals surface area contributed by atoms with E-state index in [1.807, 2.05) is 13.8 Å². The van der Waals surface area contributed by atoms with Gasteiger partial charge in [-0.15, -0.1) is 0 Å². The van der Waals surface area contributed by atoms with Crippen LogP contribution >= 0.6 is 0 Å². The number of Topliss-reactive ketones (excluding diaryl/α,β-unsaturated/α-hetero) is 2. The molecule has 0 aliphatic heterocycles. The summed E-state index contributed by atoms with van der Waals surface area (Å²) in [5, 5.41) is 10.9. The van der Waals surface area contributed by atoms with E-state index in [0.717, 1.165) is 35.1 Å². The van der Waals surface area contributed by atoms with Gasteiger partial charge in [0.15, 0.2) is 11.6 Å². The number of carbonyl (C=O) groups excluding carboxylic acids is 2. The fraction of sp³-hybridized carbons (Fsp3) is 0.562. The zero-order valence-electron chi connectivity index (χ0n) is 23.4. The lowest BCUT2D eigenvalue weighted by molar-refractivity contribution is -0.133. The Bertz CT molecular complexity index is 1260. The summed E-state index contributed by atoms with van der Waals surface area (Å²) in [7, 11) is 0. The van der Waals surface area contributed by atoms with E-state index in [-0.39, 0.29) is 28.2 Å². The van der Waals surface area contributed by atoms with Crippen LogP contribution in [0, 0.1) is 23.2 Å². The number of fused-ring (bicyclic) bond motifs is 3. The Kier molecular flexibility index (Phi) is 5.53. The molecule has 3 heteroatoms. The predicted molar refractivity (Wildman–Crippen MR) is 143 cm³/mol. The van der Waals surface area contributed by atoms with Crippen molar-refractivity contribution in [1.29, 1.82) is 0 Å². The summed E-state index contributed by atoms with van der Waals surface area (Å²) >= 11 is 0. The number of allylic oxidation sites excluding steroid dienone is 5. The van der Waals surface area contributed by atoms with E-state index in [0.29, 0.717) is 24.0 Å². The fourth-order valence-electron chi connectivity index (χ4n) is 7.85. The number of rotatable bonds is 2. The maximum Gasteiger partial charge on any atom is 0.190 e. The summed E-state index contributed by atoms with van der Waals surface area (Å²) in [4.78, 5) is 28.5. The minimum Gasteiger partial charge on any atom is -0.512 e. The smallest absolute Gasteiger partial charge is 0.190 e. The van der Waals surface area contributed by atoms with E-state index in [9.17, 15) is 14.7 Å². The van der Waals surface area contributed by atoms with Crippen molar-refractivity contribution in [3.63, 3.8) is 0 Å². The van der Waals surface area contributed by atoms with Gasteiger partial charge in [-0.05, 0) is 85.6 Å². The van der Waals surface area contributed by atoms with E-state index in [2.05, 4.69) is 61.1 Å². The Hall–Kier alpha value is -2.42. The van der Waals surface area contributed by atoms with Crippen molar-refractivity contribution >= 4 is 11.6 Å². The first-order chi connectivity index (χ1) is 15.9. The maximum absolute atomic E-state index is 14.5. The predicted octanol–water partition coefficient (Wildman–Crippen LogP) is 7.69. The second-order valence-electron chi connectivity index (χ2n) is 13.2. The van der Waals surface area contributed by atoms with Crippen molar-refractivity contribution < 1.29 is 14.7 Å². The minimum atomic E-state index is -0.862. The molecule has 1 aromatic rings. The third-order valence-electron chi connectivity index (χ3n) is 9.67. The molecule has 0 aromatic heterocycles. The van der Waals surface area contributed by atoms with Gasteiger partial charge in [-0.1, -0.05) is 59.8 Å². The molecule has 3 atom stereocenters. The summed E-state index contributed by atoms with van der Waals surface area (Å²) < 4.78 is 0. The highest BCUT2D eigenvalue weighted by Gasteiger charge is 2.63. The maximum atomic E-state index is 14.5. The first-order valence-corrected chi connectivity index (χ1v) is 13.0. The van der Waals surface area contributed by atoms with Crippen molar-refractivity contribution in [1.82, 2.24) is 0 Å². The molecule has 188 valence electrons. The van der Waals surface area contributed by atoms with Crippen molar-refractivity contribution in [2.45, 2.75) is 100 Å². The average Bonchev–Trinajstić information content (AvgIpc) is 2.69. The van der Waals surface area contributed by atoms with Crippen LogP contribution in [-0.4, -0.2) is 16.7 Å². The van der Waals surface area contributed by atoms with Gasteiger partial charge in [0.05, 0.1) is 11.0 Å². The lowest BCUT2D eigenvalue weighted by Gasteiger charge is -2.59. The Labute approximate surface area is 211 Å². The topological polar surface area (TPSA) is 54.4 Å². The van der Waals surface area contributed by atoms with Gasteiger partial charge >= 0.3 is 0 Å². The summed E-state index contributed by atoms with van der Waals surface area (Å²) in [6, 6.07) is 2.32. The minimum absolute atomic E-state index is 0.0668. The molecule has 1 N–H and O–H groups in total. The lowest BCUT2D eigenvalue weighted by Crippen LogP contribution is -2.57. The Morgan fingerprint density at radius 1 is 1.11 bits per heavy atom. The van der Waals surface area contributed by atoms with E-state index in [1.54, 1.807) is 6.92 Å². The molecule has 3 nitrogen and oxygen atoms in total. The van der Waals surface area contributed by atoms with Crippen LogP contribution in [0.5, 0.6) is 0 Å². The van der Waals surface area contributed by atoms with Crippen LogP contribution in [0.4, 0.5) is 0 Å². The highest BCUT2D eigenvalue weighted by Crippen LogP contribution is 2.66. The fourth-order valence-corrected chi connectivity index (χ4v) is 7.85. The SMILES string of the molecule is C=C(C)C1=C(O)C[C@@]2(C)C[C@@]3(C)Cc4c(CC)cc(C(C)(C)C)c(C)c4C(=O)C3=C(C)[C@@]2(C)C1=O. The second kappa shape index (κ2) is 7.54. The first kappa shape index (κ1) is 25.7. The summed E-state index contributed by atoms with van der Waals surface area (Å²) in [5.74, 6) is 0.136. The van der Waals surface area contributed by atoms with Gasteiger partial charge in [-0.3, -0.25) is 9.59 Å². The molecule has 1 aromatic carbocycles. The van der Waals surface area contributed by atoms with E-state index >= 15 is 0 Å². The lowest BCUT2D eigenvalue weighted by atomic mass is 9.43. The van der Waals surface area contributed by atoms with E-state index < -0.39 is 10.8 Å². The van der Waals surface area contributed by atoms with Crippen molar-refractivity contribution in [3.8, 4) is 0 Å². The van der Waals surface area contributed by atoms with Crippen LogP contribution in [0.1, 0.15) is 108 Å². The standard InChI is InChI=1S/C32H42O3/c1-12-20-13-22(29(6,7)8)18(4)25-21(20)14-30(9)16-31(10)15-23(33)24(17(2)3)28(35)32(31,11)19(5)26(30)27(25)34/h13,33H,2,12,14-16H2,1,3-11H3/t30-,31+,32+/m1/s1. The van der Waals surface area contributed by atoms with Crippen LogP contribution in [-0.2, 0) is 23.1 Å². The second-order valence-corrected chi connectivity index (χ2v) is 13.2. The van der Waals surface area contributed by atoms with Gasteiger partial charge < -0.3 is 5.11 Å². The van der Waals surface area contributed by atoms with Gasteiger partial charge in [-0.25, -0.2) is 0 Å². The molecule has 35 heavy (non-hydrogen) atoms. The number of hydrogen-bond donors (Lipinski definition) is 1. The van der Waals surface area contributed by atoms with Gasteiger partial charge in [-0.2, -0.15) is 0 Å². The molecule has 0 fully saturated rings. The number of aryl methyl sites for hydroxylation is 1. The highest BCUT2D eigenvalue weighted by atomic mass is 16.3. The largest absolute Gasteiger partial charge is 0.512 e. The molecule has 0 spiro atoms. The molecule has 3 aliphatic rings. The third kappa shape index (κ3) is 3.22. The first-order valence-electron chi connectivity index (χ1n) is 13.0. The zero-order valence-corrected chi connectivity index (χ0v) is 23.4. The van der Waals surface area contributed by atoms with Crippen LogP contribution in [0.3, 0.4) is 0 Å². The molecule has 0 heterocycles. The normalized spacial score (nSPS) is 30.8. The number of aliphatic hydroxyl groups excluding tert-OH is 1. The number of aliphatic hydroxyl groups is 1. The number of carbonyl (C=O) groups is 2. The summed E-state index contributed by atoms with van der Waals surface area (Å²) in [6.07, 6.45) is 2.76. The summed E-state index contributed by atoms with van der Waals surface area (Å²) in [6.45, 7) is 24.9. The molecule has 4 rings (SSSR count). The molecule has 3 aliphatic carbocycles. The van der Waals surface area contributed by atoms with Crippen molar-refractivity contribution in [2.75, 3.05) is 0 Å². The number of ketones is 2. The summed E-state index contributed by atoms with van der Waals surface area (Å²) in [5.41, 5.74) is 6.41. The molecule has 0 saturated heterocycles. The molecule has 0 amide bonds. The molecule has 0 saturated carbocycles. The third-order valence-corrected chi connectivity index (χ3v) is 9.67. The van der Waals surface area contributed by atoms with Gasteiger partial charge in [0, 0.05) is 23.0 Å². The molecular formula is C32H42O3. The molecule has 0 unspecified atom stereocenters. The monoisotopic (exact) mass is 474 g/mol. The van der Waals surface area contributed by atoms with Crippen LogP contribution in [0.15, 0.2) is 40.7 Å².